The zero-order valence-electron chi connectivity index (χ0n) is 10.1. The molecular formula is C12H12ClF2N3O. The zero-order valence-corrected chi connectivity index (χ0v) is 10.9. The Bertz CT molecular complexity index is 588. The van der Waals surface area contributed by atoms with Crippen molar-refractivity contribution in [1.82, 2.24) is 15.0 Å². The molecule has 0 saturated heterocycles. The average Bonchev–Trinajstić information content (AvgIpc) is 2.82. The second-order valence-corrected chi connectivity index (χ2v) is 4.48. The van der Waals surface area contributed by atoms with Gasteiger partial charge in [-0.05, 0) is 18.6 Å². The highest BCUT2D eigenvalue weighted by atomic mass is 35.5. The van der Waals surface area contributed by atoms with Crippen LogP contribution in [-0.4, -0.2) is 20.1 Å². The molecule has 0 amide bonds. The lowest BCUT2D eigenvalue weighted by Gasteiger charge is -2.13. The molecule has 1 aromatic carbocycles. The molecule has 4 nitrogen and oxygen atoms in total. The number of hydrogen-bond donors (Lipinski definition) is 1. The van der Waals surface area contributed by atoms with E-state index in [1.165, 1.54) is 10.9 Å². The highest BCUT2D eigenvalue weighted by molar-refractivity contribution is 6.30. The molecule has 19 heavy (non-hydrogen) atoms. The van der Waals surface area contributed by atoms with Crippen molar-refractivity contribution in [3.63, 3.8) is 0 Å². The molecule has 0 bridgehead atoms. The van der Waals surface area contributed by atoms with Gasteiger partial charge in [-0.1, -0.05) is 23.7 Å². The normalized spacial score (nSPS) is 12.7. The maximum absolute atomic E-state index is 13.7. The third-order valence-corrected chi connectivity index (χ3v) is 2.99. The van der Waals surface area contributed by atoms with E-state index in [0.29, 0.717) is 12.2 Å². The Morgan fingerprint density at radius 3 is 2.79 bits per heavy atom. The smallest absolute Gasteiger partial charge is 0.142 e. The highest BCUT2D eigenvalue weighted by Crippen LogP contribution is 2.27. The van der Waals surface area contributed by atoms with Crippen LogP contribution in [0, 0.1) is 11.6 Å². The maximum Gasteiger partial charge on any atom is 0.142 e. The van der Waals surface area contributed by atoms with Crippen LogP contribution < -0.4 is 0 Å². The van der Waals surface area contributed by atoms with Gasteiger partial charge in [0.1, 0.15) is 17.7 Å². The van der Waals surface area contributed by atoms with Crippen molar-refractivity contribution in [1.29, 1.82) is 0 Å². The van der Waals surface area contributed by atoms with Crippen molar-refractivity contribution in [2.75, 3.05) is 0 Å². The summed E-state index contributed by atoms with van der Waals surface area (Å²) in [6, 6.07) is 1.72. The predicted molar refractivity (Wildman–Crippen MR) is 65.7 cm³/mol. The fourth-order valence-electron chi connectivity index (χ4n) is 1.77. The summed E-state index contributed by atoms with van der Waals surface area (Å²) in [5.41, 5.74) is 0.115. The van der Waals surface area contributed by atoms with Gasteiger partial charge in [0, 0.05) is 12.1 Å². The van der Waals surface area contributed by atoms with Gasteiger partial charge in [-0.25, -0.2) is 13.5 Å². The van der Waals surface area contributed by atoms with E-state index in [-0.39, 0.29) is 10.6 Å². The molecule has 1 unspecified atom stereocenters. The molecule has 0 aliphatic heterocycles. The van der Waals surface area contributed by atoms with Crippen LogP contribution in [0.15, 0.2) is 18.3 Å². The molecular weight excluding hydrogens is 276 g/mol. The zero-order chi connectivity index (χ0) is 14.0. The minimum Gasteiger partial charge on any atom is -0.382 e. The first kappa shape index (κ1) is 13.9. The van der Waals surface area contributed by atoms with E-state index in [4.69, 9.17) is 11.6 Å². The quantitative estimate of drug-likeness (QED) is 0.880. The van der Waals surface area contributed by atoms with Crippen LogP contribution in [0.5, 0.6) is 0 Å². The van der Waals surface area contributed by atoms with Crippen molar-refractivity contribution in [2.24, 2.45) is 0 Å². The molecule has 0 saturated carbocycles. The first-order chi connectivity index (χ1) is 9.04. The van der Waals surface area contributed by atoms with Crippen LogP contribution >= 0.6 is 11.6 Å². The Balaban J connectivity index is 2.41. The molecule has 0 aliphatic rings. The molecule has 2 aromatic rings. The molecule has 0 fully saturated rings. The van der Waals surface area contributed by atoms with Gasteiger partial charge in [0.2, 0.25) is 0 Å². The van der Waals surface area contributed by atoms with Gasteiger partial charge in [0.15, 0.2) is 0 Å². The number of halogens is 3. The summed E-state index contributed by atoms with van der Waals surface area (Å²) in [5.74, 6) is -1.56. The Morgan fingerprint density at radius 2 is 2.11 bits per heavy atom. The summed E-state index contributed by atoms with van der Waals surface area (Å²) in [6.07, 6.45) is 0.764. The monoisotopic (exact) mass is 287 g/mol. The van der Waals surface area contributed by atoms with Crippen LogP contribution in [0.1, 0.15) is 30.7 Å². The Labute approximate surface area is 113 Å². The summed E-state index contributed by atoms with van der Waals surface area (Å²) in [7, 11) is 0. The number of aromatic nitrogens is 3. The van der Waals surface area contributed by atoms with Crippen molar-refractivity contribution in [3.8, 4) is 0 Å². The average molecular weight is 288 g/mol. The summed E-state index contributed by atoms with van der Waals surface area (Å²) in [6.45, 7) is 2.46. The fraction of sp³-hybridized carbons (Fsp3) is 0.333. The molecule has 1 aromatic heterocycles. The second kappa shape index (κ2) is 5.63. The van der Waals surface area contributed by atoms with Gasteiger partial charge >= 0.3 is 0 Å². The number of aryl methyl sites for hydroxylation is 1. The molecule has 0 spiro atoms. The molecule has 0 radical (unpaired) electrons. The minimum absolute atomic E-state index is 0.193. The molecule has 1 atom stereocenters. The first-order valence-electron chi connectivity index (χ1n) is 5.75. The van der Waals surface area contributed by atoms with Crippen molar-refractivity contribution in [2.45, 2.75) is 26.0 Å². The van der Waals surface area contributed by atoms with E-state index in [1.807, 2.05) is 6.92 Å². The van der Waals surface area contributed by atoms with Crippen molar-refractivity contribution >= 4 is 11.6 Å². The number of aliphatic hydroxyl groups is 1. The first-order valence-corrected chi connectivity index (χ1v) is 6.13. The van der Waals surface area contributed by atoms with E-state index < -0.39 is 17.7 Å². The summed E-state index contributed by atoms with van der Waals surface area (Å²) in [5, 5.41) is 17.3. The van der Waals surface area contributed by atoms with Crippen LogP contribution in [0.2, 0.25) is 5.02 Å². The standard InChI is InChI=1S/C12H12ClF2N3O/c1-2-3-18-11(6-16-17-18)12(19)7-4-10(15)8(13)5-9(7)14/h4-6,12,19H,2-3H2,1H3. The van der Waals surface area contributed by atoms with E-state index >= 15 is 0 Å². The summed E-state index contributed by atoms with van der Waals surface area (Å²) in [4.78, 5) is 0. The van der Waals surface area contributed by atoms with Gasteiger partial charge in [0.25, 0.3) is 0 Å². The predicted octanol–water partition coefficient (Wildman–Crippen LogP) is 2.70. The van der Waals surface area contributed by atoms with Gasteiger partial charge in [-0.15, -0.1) is 5.10 Å². The SMILES string of the molecule is CCCn1nncc1C(O)c1cc(F)c(Cl)cc1F. The van der Waals surface area contributed by atoms with Gasteiger partial charge in [0.05, 0.1) is 16.9 Å². The molecule has 1 N–H and O–H groups in total. The van der Waals surface area contributed by atoms with Crippen molar-refractivity contribution < 1.29 is 13.9 Å². The van der Waals surface area contributed by atoms with Crippen molar-refractivity contribution in [3.05, 3.63) is 46.2 Å². The minimum atomic E-state index is -1.34. The van der Waals surface area contributed by atoms with E-state index in [2.05, 4.69) is 10.3 Å². The highest BCUT2D eigenvalue weighted by Gasteiger charge is 2.21. The molecule has 1 heterocycles. The van der Waals surface area contributed by atoms with E-state index in [9.17, 15) is 13.9 Å². The van der Waals surface area contributed by atoms with Gasteiger partial charge in [-0.2, -0.15) is 0 Å². The second-order valence-electron chi connectivity index (χ2n) is 4.07. The molecule has 7 heteroatoms. The molecule has 102 valence electrons. The molecule has 2 rings (SSSR count). The Kier molecular flexibility index (Phi) is 4.11. The van der Waals surface area contributed by atoms with Crippen LogP contribution in [-0.2, 0) is 6.54 Å². The largest absolute Gasteiger partial charge is 0.382 e. The lowest BCUT2D eigenvalue weighted by Crippen LogP contribution is -2.11. The number of rotatable bonds is 4. The Hall–Kier alpha value is -1.53. The van der Waals surface area contributed by atoms with E-state index in [0.717, 1.165) is 18.6 Å². The summed E-state index contributed by atoms with van der Waals surface area (Å²) >= 11 is 5.47. The van der Waals surface area contributed by atoms with E-state index in [1.54, 1.807) is 0 Å². The number of benzene rings is 1. The van der Waals surface area contributed by atoms with Gasteiger partial charge in [-0.3, -0.25) is 0 Å². The van der Waals surface area contributed by atoms with Crippen LogP contribution in [0.4, 0.5) is 8.78 Å². The number of hydrogen-bond acceptors (Lipinski definition) is 3. The van der Waals surface area contributed by atoms with Gasteiger partial charge < -0.3 is 5.11 Å². The number of nitrogens with zero attached hydrogens (tertiary/aromatic N) is 3. The third kappa shape index (κ3) is 2.74. The molecule has 0 aliphatic carbocycles. The lowest BCUT2D eigenvalue weighted by molar-refractivity contribution is 0.201. The number of aliphatic hydroxyl groups excluding tert-OH is 1. The summed E-state index contributed by atoms with van der Waals surface area (Å²) < 4.78 is 28.5. The van der Waals surface area contributed by atoms with Crippen LogP contribution in [0.3, 0.4) is 0 Å². The fourth-order valence-corrected chi connectivity index (χ4v) is 1.92. The van der Waals surface area contributed by atoms with Crippen LogP contribution in [0.25, 0.3) is 0 Å². The Morgan fingerprint density at radius 1 is 1.37 bits per heavy atom. The third-order valence-electron chi connectivity index (χ3n) is 2.70. The lowest BCUT2D eigenvalue weighted by atomic mass is 10.1. The topological polar surface area (TPSA) is 50.9 Å². The maximum atomic E-state index is 13.7.